The van der Waals surface area contributed by atoms with Crippen LogP contribution >= 0.6 is 11.3 Å². The fourth-order valence-corrected chi connectivity index (χ4v) is 3.53. The van der Waals surface area contributed by atoms with Crippen molar-refractivity contribution in [1.29, 1.82) is 0 Å². The van der Waals surface area contributed by atoms with Crippen LogP contribution in [-0.4, -0.2) is 34.3 Å². The van der Waals surface area contributed by atoms with Gasteiger partial charge in [0.2, 0.25) is 11.8 Å². The van der Waals surface area contributed by atoms with Crippen molar-refractivity contribution in [3.63, 3.8) is 0 Å². The number of carbonyl (C=O) groups is 2. The van der Waals surface area contributed by atoms with Crippen molar-refractivity contribution in [2.75, 3.05) is 6.54 Å². The molecule has 1 N–H and O–H groups in total. The van der Waals surface area contributed by atoms with Crippen molar-refractivity contribution in [3.05, 3.63) is 29.3 Å². The SMILES string of the molecule is CCCC1NC(=O)CN(Cc2nc3ccccc3s2)C1=O. The van der Waals surface area contributed by atoms with Crippen LogP contribution in [0, 0.1) is 0 Å². The van der Waals surface area contributed by atoms with Gasteiger partial charge in [0.25, 0.3) is 0 Å². The molecule has 1 unspecified atom stereocenters. The number of piperazine rings is 1. The minimum atomic E-state index is -0.384. The molecular formula is C15H17N3O2S. The van der Waals surface area contributed by atoms with Gasteiger partial charge in [-0.15, -0.1) is 11.3 Å². The predicted molar refractivity (Wildman–Crippen MR) is 81.9 cm³/mol. The third-order valence-electron chi connectivity index (χ3n) is 3.52. The lowest BCUT2D eigenvalue weighted by Gasteiger charge is -2.31. The Bertz CT molecular complexity index is 649. The number of para-hydroxylation sites is 1. The van der Waals surface area contributed by atoms with Crippen LogP contribution in [0.2, 0.25) is 0 Å². The number of fused-ring (bicyclic) bond motifs is 1. The normalized spacial score (nSPS) is 19.1. The third-order valence-corrected chi connectivity index (χ3v) is 4.54. The minimum absolute atomic E-state index is 0.00398. The molecule has 110 valence electrons. The second kappa shape index (κ2) is 5.81. The van der Waals surface area contributed by atoms with Gasteiger partial charge in [0.1, 0.15) is 17.6 Å². The molecular weight excluding hydrogens is 286 g/mol. The smallest absolute Gasteiger partial charge is 0.245 e. The lowest BCUT2D eigenvalue weighted by molar-refractivity contribution is -0.145. The Kier molecular flexibility index (Phi) is 3.88. The molecule has 1 aromatic heterocycles. The Morgan fingerprint density at radius 1 is 1.38 bits per heavy atom. The number of carbonyl (C=O) groups excluding carboxylic acids is 2. The molecule has 0 saturated carbocycles. The molecule has 21 heavy (non-hydrogen) atoms. The van der Waals surface area contributed by atoms with Crippen molar-refractivity contribution in [1.82, 2.24) is 15.2 Å². The van der Waals surface area contributed by atoms with E-state index in [2.05, 4.69) is 10.3 Å². The molecule has 1 saturated heterocycles. The molecule has 1 aliphatic rings. The van der Waals surface area contributed by atoms with Gasteiger partial charge in [0, 0.05) is 0 Å². The van der Waals surface area contributed by atoms with Crippen LogP contribution in [0.5, 0.6) is 0 Å². The van der Waals surface area contributed by atoms with E-state index in [9.17, 15) is 9.59 Å². The average molecular weight is 303 g/mol. The summed E-state index contributed by atoms with van der Waals surface area (Å²) < 4.78 is 1.10. The maximum absolute atomic E-state index is 12.4. The van der Waals surface area contributed by atoms with Crippen LogP contribution in [-0.2, 0) is 16.1 Å². The highest BCUT2D eigenvalue weighted by molar-refractivity contribution is 7.18. The molecule has 2 amide bonds. The lowest BCUT2D eigenvalue weighted by Crippen LogP contribution is -2.57. The summed E-state index contributed by atoms with van der Waals surface area (Å²) in [6.45, 7) is 2.53. The predicted octanol–water partition coefficient (Wildman–Crippen LogP) is 1.92. The molecule has 2 aromatic rings. The zero-order valence-corrected chi connectivity index (χ0v) is 12.7. The van der Waals surface area contributed by atoms with Crippen LogP contribution in [0.15, 0.2) is 24.3 Å². The molecule has 5 nitrogen and oxygen atoms in total. The van der Waals surface area contributed by atoms with Crippen molar-refractivity contribution in [2.45, 2.75) is 32.4 Å². The van der Waals surface area contributed by atoms with Gasteiger partial charge in [-0.2, -0.15) is 0 Å². The Morgan fingerprint density at radius 2 is 2.19 bits per heavy atom. The molecule has 0 aliphatic carbocycles. The second-order valence-corrected chi connectivity index (χ2v) is 6.29. The number of benzene rings is 1. The van der Waals surface area contributed by atoms with E-state index in [0.717, 1.165) is 21.6 Å². The largest absolute Gasteiger partial charge is 0.343 e. The zero-order valence-electron chi connectivity index (χ0n) is 11.8. The van der Waals surface area contributed by atoms with Crippen molar-refractivity contribution in [3.8, 4) is 0 Å². The summed E-state index contributed by atoms with van der Waals surface area (Å²) in [6.07, 6.45) is 1.55. The number of nitrogens with one attached hydrogen (secondary N) is 1. The van der Waals surface area contributed by atoms with Crippen molar-refractivity contribution >= 4 is 33.4 Å². The van der Waals surface area contributed by atoms with Crippen LogP contribution in [0.4, 0.5) is 0 Å². The van der Waals surface area contributed by atoms with Gasteiger partial charge in [-0.25, -0.2) is 4.98 Å². The van der Waals surface area contributed by atoms with E-state index in [0.29, 0.717) is 13.0 Å². The molecule has 0 radical (unpaired) electrons. The number of hydrogen-bond donors (Lipinski definition) is 1. The summed E-state index contributed by atoms with van der Waals surface area (Å²) in [4.78, 5) is 30.3. The van der Waals surface area contributed by atoms with Gasteiger partial charge < -0.3 is 10.2 Å². The van der Waals surface area contributed by atoms with E-state index in [-0.39, 0.29) is 24.4 Å². The van der Waals surface area contributed by atoms with E-state index < -0.39 is 0 Å². The summed E-state index contributed by atoms with van der Waals surface area (Å²) >= 11 is 1.57. The first kappa shape index (κ1) is 14.0. The second-order valence-electron chi connectivity index (χ2n) is 5.18. The van der Waals surface area contributed by atoms with Gasteiger partial charge in [-0.05, 0) is 18.6 Å². The molecule has 6 heteroatoms. The van der Waals surface area contributed by atoms with E-state index >= 15 is 0 Å². The quantitative estimate of drug-likeness (QED) is 0.938. The Morgan fingerprint density at radius 3 is 2.95 bits per heavy atom. The molecule has 3 rings (SSSR count). The van der Waals surface area contributed by atoms with E-state index in [1.807, 2.05) is 31.2 Å². The Hall–Kier alpha value is -1.95. The number of amides is 2. The van der Waals surface area contributed by atoms with Crippen molar-refractivity contribution in [2.24, 2.45) is 0 Å². The summed E-state index contributed by atoms with van der Waals surface area (Å²) in [7, 11) is 0. The number of aromatic nitrogens is 1. The number of hydrogen-bond acceptors (Lipinski definition) is 4. The first-order chi connectivity index (χ1) is 10.2. The van der Waals surface area contributed by atoms with Gasteiger partial charge >= 0.3 is 0 Å². The lowest BCUT2D eigenvalue weighted by atomic mass is 10.1. The van der Waals surface area contributed by atoms with Gasteiger partial charge in [0.05, 0.1) is 16.8 Å². The standard InChI is InChI=1S/C15H17N3O2S/c1-2-5-11-15(20)18(8-13(19)16-11)9-14-17-10-6-3-4-7-12(10)21-14/h3-4,6-7,11H,2,5,8-9H2,1H3,(H,16,19). The van der Waals surface area contributed by atoms with E-state index in [1.54, 1.807) is 16.2 Å². The van der Waals surface area contributed by atoms with Crippen LogP contribution in [0.25, 0.3) is 10.2 Å². The Labute approximate surface area is 127 Å². The summed E-state index contributed by atoms with van der Waals surface area (Å²) in [5.41, 5.74) is 0.941. The maximum Gasteiger partial charge on any atom is 0.245 e. The minimum Gasteiger partial charge on any atom is -0.343 e. The van der Waals surface area contributed by atoms with Gasteiger partial charge in [-0.3, -0.25) is 9.59 Å². The molecule has 1 aliphatic heterocycles. The molecule has 1 fully saturated rings. The molecule has 0 spiro atoms. The first-order valence-electron chi connectivity index (χ1n) is 7.10. The van der Waals surface area contributed by atoms with Crippen LogP contribution in [0.3, 0.4) is 0 Å². The van der Waals surface area contributed by atoms with E-state index in [4.69, 9.17) is 0 Å². The fourth-order valence-electron chi connectivity index (χ4n) is 2.54. The molecule has 1 atom stereocenters. The number of rotatable bonds is 4. The molecule has 2 heterocycles. The highest BCUT2D eigenvalue weighted by atomic mass is 32.1. The topological polar surface area (TPSA) is 62.3 Å². The molecule has 1 aromatic carbocycles. The highest BCUT2D eigenvalue weighted by Crippen LogP contribution is 2.23. The third kappa shape index (κ3) is 2.90. The Balaban J connectivity index is 1.79. The molecule has 0 bridgehead atoms. The zero-order chi connectivity index (χ0) is 14.8. The van der Waals surface area contributed by atoms with Crippen LogP contribution in [0.1, 0.15) is 24.8 Å². The van der Waals surface area contributed by atoms with Gasteiger partial charge in [-0.1, -0.05) is 25.5 Å². The average Bonchev–Trinajstić information content (AvgIpc) is 2.86. The number of nitrogens with zero attached hydrogens (tertiary/aromatic N) is 2. The van der Waals surface area contributed by atoms with Gasteiger partial charge in [0.15, 0.2) is 0 Å². The highest BCUT2D eigenvalue weighted by Gasteiger charge is 2.32. The summed E-state index contributed by atoms with van der Waals surface area (Å²) in [5, 5.41) is 3.63. The summed E-state index contributed by atoms with van der Waals surface area (Å²) in [5.74, 6) is -0.0927. The van der Waals surface area contributed by atoms with Crippen molar-refractivity contribution < 1.29 is 9.59 Å². The van der Waals surface area contributed by atoms with E-state index in [1.165, 1.54) is 0 Å². The van der Waals surface area contributed by atoms with Crippen LogP contribution < -0.4 is 5.32 Å². The first-order valence-corrected chi connectivity index (χ1v) is 7.91. The summed E-state index contributed by atoms with van der Waals surface area (Å²) in [6, 6.07) is 7.51. The number of thiazole rings is 1. The maximum atomic E-state index is 12.4. The fraction of sp³-hybridized carbons (Fsp3) is 0.400. The monoisotopic (exact) mass is 303 g/mol.